The monoisotopic (exact) mass is 331 g/mol. The number of fused-ring (bicyclic) bond motifs is 1. The number of hydrogen-bond acceptors (Lipinski definition) is 2. The molecule has 0 bridgehead atoms. The van der Waals surface area contributed by atoms with Crippen LogP contribution in [-0.2, 0) is 13.0 Å². The fourth-order valence-corrected chi connectivity index (χ4v) is 3.39. The minimum atomic E-state index is 0.0501. The van der Waals surface area contributed by atoms with E-state index in [2.05, 4.69) is 37.3 Å². The molecule has 0 aliphatic carbocycles. The predicted octanol–water partition coefficient (Wildman–Crippen LogP) is 4.76. The van der Waals surface area contributed by atoms with Crippen molar-refractivity contribution >= 4 is 5.91 Å². The molecule has 3 heteroatoms. The fraction of sp³-hybridized carbons (Fsp3) is 0.227. The van der Waals surface area contributed by atoms with Crippen molar-refractivity contribution in [2.75, 3.05) is 6.54 Å². The molecule has 0 unspecified atom stereocenters. The summed E-state index contributed by atoms with van der Waals surface area (Å²) < 4.78 is 5.87. The second-order valence-corrected chi connectivity index (χ2v) is 6.69. The molecule has 1 amide bonds. The lowest BCUT2D eigenvalue weighted by molar-refractivity contribution is 0.0733. The Kier molecular flexibility index (Phi) is 3.92. The van der Waals surface area contributed by atoms with Gasteiger partial charge in [0.2, 0.25) is 0 Å². The molecule has 0 fully saturated rings. The number of amides is 1. The second-order valence-electron chi connectivity index (χ2n) is 6.69. The van der Waals surface area contributed by atoms with Crippen LogP contribution < -0.4 is 0 Å². The lowest BCUT2D eigenvalue weighted by Crippen LogP contribution is -2.36. The molecule has 1 aromatic heterocycles. The van der Waals surface area contributed by atoms with Gasteiger partial charge in [0.15, 0.2) is 0 Å². The summed E-state index contributed by atoms with van der Waals surface area (Å²) in [7, 11) is 0. The smallest absolute Gasteiger partial charge is 0.257 e. The molecule has 0 N–H and O–H groups in total. The third-order valence-corrected chi connectivity index (χ3v) is 4.90. The molecule has 0 atom stereocenters. The van der Waals surface area contributed by atoms with Crippen LogP contribution in [-0.4, -0.2) is 17.4 Å². The molecule has 1 aliphatic heterocycles. The van der Waals surface area contributed by atoms with Crippen molar-refractivity contribution in [2.45, 2.75) is 26.8 Å². The van der Waals surface area contributed by atoms with Gasteiger partial charge in [0.1, 0.15) is 11.5 Å². The van der Waals surface area contributed by atoms with Crippen molar-refractivity contribution in [1.82, 2.24) is 4.90 Å². The largest absolute Gasteiger partial charge is 0.461 e. The highest BCUT2D eigenvalue weighted by molar-refractivity contribution is 5.96. The van der Waals surface area contributed by atoms with Crippen LogP contribution >= 0.6 is 0 Å². The highest BCUT2D eigenvalue weighted by Gasteiger charge is 2.25. The Balaban J connectivity index is 1.60. The number of furan rings is 1. The van der Waals surface area contributed by atoms with E-state index in [9.17, 15) is 4.79 Å². The topological polar surface area (TPSA) is 33.5 Å². The zero-order valence-corrected chi connectivity index (χ0v) is 14.6. The zero-order valence-electron chi connectivity index (χ0n) is 14.6. The SMILES string of the molecule is Cc1ccc(-c2cc(C(=O)N3CCc4ccccc4C3)c(C)o2)cc1. The summed E-state index contributed by atoms with van der Waals surface area (Å²) >= 11 is 0. The van der Waals surface area contributed by atoms with Crippen LogP contribution in [0.3, 0.4) is 0 Å². The maximum atomic E-state index is 13.0. The Hall–Kier alpha value is -2.81. The molecule has 4 rings (SSSR count). The van der Waals surface area contributed by atoms with Gasteiger partial charge < -0.3 is 9.32 Å². The standard InChI is InChI=1S/C22H21NO2/c1-15-7-9-18(10-8-15)21-13-20(16(2)25-21)22(24)23-12-11-17-5-3-4-6-19(17)14-23/h3-10,13H,11-12,14H2,1-2H3. The van der Waals surface area contributed by atoms with E-state index in [0.29, 0.717) is 17.9 Å². The molecular weight excluding hydrogens is 310 g/mol. The van der Waals surface area contributed by atoms with Crippen molar-refractivity contribution in [1.29, 1.82) is 0 Å². The Labute approximate surface area is 147 Å². The van der Waals surface area contributed by atoms with Crippen LogP contribution in [0.2, 0.25) is 0 Å². The van der Waals surface area contributed by atoms with Crippen LogP contribution in [0.4, 0.5) is 0 Å². The Bertz CT molecular complexity index is 921. The van der Waals surface area contributed by atoms with Gasteiger partial charge in [0.05, 0.1) is 5.56 Å². The van der Waals surface area contributed by atoms with Crippen molar-refractivity contribution in [3.05, 3.63) is 82.6 Å². The van der Waals surface area contributed by atoms with E-state index < -0.39 is 0 Å². The first-order chi connectivity index (χ1) is 12.1. The van der Waals surface area contributed by atoms with Gasteiger partial charge in [-0.2, -0.15) is 0 Å². The maximum absolute atomic E-state index is 13.0. The minimum Gasteiger partial charge on any atom is -0.461 e. The van der Waals surface area contributed by atoms with E-state index in [4.69, 9.17) is 4.42 Å². The molecule has 0 saturated heterocycles. The minimum absolute atomic E-state index is 0.0501. The molecule has 3 nitrogen and oxygen atoms in total. The lowest BCUT2D eigenvalue weighted by Gasteiger charge is -2.28. The Morgan fingerprint density at radius 1 is 1.00 bits per heavy atom. The average Bonchev–Trinajstić information content (AvgIpc) is 3.03. The first-order valence-electron chi connectivity index (χ1n) is 8.65. The second kappa shape index (κ2) is 6.25. The first-order valence-corrected chi connectivity index (χ1v) is 8.65. The van der Waals surface area contributed by atoms with Crippen molar-refractivity contribution in [3.63, 3.8) is 0 Å². The number of benzene rings is 2. The summed E-state index contributed by atoms with van der Waals surface area (Å²) in [6, 6.07) is 18.4. The van der Waals surface area contributed by atoms with Gasteiger partial charge >= 0.3 is 0 Å². The number of nitrogens with zero attached hydrogens (tertiary/aromatic N) is 1. The van der Waals surface area contributed by atoms with Crippen LogP contribution in [0.15, 0.2) is 59.0 Å². The number of carbonyl (C=O) groups excluding carboxylic acids is 1. The van der Waals surface area contributed by atoms with Gasteiger partial charge in [0.25, 0.3) is 5.91 Å². The molecule has 3 aromatic rings. The molecule has 0 saturated carbocycles. The van der Waals surface area contributed by atoms with E-state index in [-0.39, 0.29) is 5.91 Å². The molecule has 126 valence electrons. The van der Waals surface area contributed by atoms with Gasteiger partial charge in [-0.25, -0.2) is 0 Å². The van der Waals surface area contributed by atoms with Crippen LogP contribution in [0.1, 0.15) is 32.8 Å². The first kappa shape index (κ1) is 15.7. The number of hydrogen-bond donors (Lipinski definition) is 0. The molecule has 1 aliphatic rings. The Morgan fingerprint density at radius 2 is 1.72 bits per heavy atom. The van der Waals surface area contributed by atoms with Crippen molar-refractivity contribution in [3.8, 4) is 11.3 Å². The summed E-state index contributed by atoms with van der Waals surface area (Å²) in [6.07, 6.45) is 0.906. The molecule has 2 heterocycles. The molecule has 0 radical (unpaired) electrons. The van der Waals surface area contributed by atoms with E-state index in [1.807, 2.05) is 36.1 Å². The summed E-state index contributed by atoms with van der Waals surface area (Å²) in [6.45, 7) is 5.34. The van der Waals surface area contributed by atoms with E-state index in [1.165, 1.54) is 16.7 Å². The van der Waals surface area contributed by atoms with Gasteiger partial charge in [-0.1, -0.05) is 54.1 Å². The van der Waals surface area contributed by atoms with E-state index in [0.717, 1.165) is 24.3 Å². The summed E-state index contributed by atoms with van der Waals surface area (Å²) in [5, 5.41) is 0. The fourth-order valence-electron chi connectivity index (χ4n) is 3.39. The van der Waals surface area contributed by atoms with Crippen LogP contribution in [0, 0.1) is 13.8 Å². The number of aryl methyl sites for hydroxylation is 2. The van der Waals surface area contributed by atoms with E-state index >= 15 is 0 Å². The van der Waals surface area contributed by atoms with Crippen molar-refractivity contribution in [2.24, 2.45) is 0 Å². The highest BCUT2D eigenvalue weighted by atomic mass is 16.3. The number of rotatable bonds is 2. The maximum Gasteiger partial charge on any atom is 0.257 e. The molecular formula is C22H21NO2. The summed E-state index contributed by atoms with van der Waals surface area (Å²) in [5.41, 5.74) is 5.44. The van der Waals surface area contributed by atoms with Gasteiger partial charge in [0, 0.05) is 18.7 Å². The normalized spacial score (nSPS) is 13.6. The number of carbonyl (C=O) groups is 1. The van der Waals surface area contributed by atoms with Crippen LogP contribution in [0.25, 0.3) is 11.3 Å². The third kappa shape index (κ3) is 2.98. The molecule has 2 aromatic carbocycles. The summed E-state index contributed by atoms with van der Waals surface area (Å²) in [4.78, 5) is 14.9. The van der Waals surface area contributed by atoms with E-state index in [1.54, 1.807) is 0 Å². The van der Waals surface area contributed by atoms with Crippen LogP contribution in [0.5, 0.6) is 0 Å². The van der Waals surface area contributed by atoms with Crippen molar-refractivity contribution < 1.29 is 9.21 Å². The quantitative estimate of drug-likeness (QED) is 0.678. The molecule has 25 heavy (non-hydrogen) atoms. The lowest BCUT2D eigenvalue weighted by atomic mass is 9.99. The Morgan fingerprint density at radius 3 is 2.48 bits per heavy atom. The molecule has 0 spiro atoms. The van der Waals surface area contributed by atoms with Gasteiger partial charge in [-0.15, -0.1) is 0 Å². The third-order valence-electron chi connectivity index (χ3n) is 4.90. The highest BCUT2D eigenvalue weighted by Crippen LogP contribution is 2.28. The summed E-state index contributed by atoms with van der Waals surface area (Å²) in [5.74, 6) is 1.48. The van der Waals surface area contributed by atoms with Gasteiger partial charge in [-0.05, 0) is 37.5 Å². The predicted molar refractivity (Wildman–Crippen MR) is 98.5 cm³/mol. The average molecular weight is 331 g/mol. The zero-order chi connectivity index (χ0) is 17.4. The van der Waals surface area contributed by atoms with Gasteiger partial charge in [-0.3, -0.25) is 4.79 Å².